The van der Waals surface area contributed by atoms with Crippen LogP contribution in [0, 0.1) is 13.8 Å². The molecule has 2 rings (SSSR count). The number of Topliss-reactive ketones (excluding diaryl/α,β-unsaturated/α-hetero) is 2. The largest absolute Gasteiger partial charge is 0.355 e. The maximum Gasteiger partial charge on any atom is 0.279 e. The normalized spacial score (nSPS) is 11.6. The third-order valence-corrected chi connectivity index (χ3v) is 4.88. The second-order valence-electron chi connectivity index (χ2n) is 7.37. The molecule has 30 heavy (non-hydrogen) atoms. The van der Waals surface area contributed by atoms with Crippen LogP contribution < -0.4 is 15.5 Å². The first-order valence-corrected chi connectivity index (χ1v) is 9.86. The van der Waals surface area contributed by atoms with Crippen molar-refractivity contribution in [2.24, 2.45) is 0 Å². The number of nitrogens with one attached hydrogen (secondary N) is 4. The maximum absolute atomic E-state index is 12.8. The van der Waals surface area contributed by atoms with Crippen LogP contribution in [0.25, 0.3) is 0 Å². The van der Waals surface area contributed by atoms with Gasteiger partial charge in [0.25, 0.3) is 5.91 Å². The zero-order valence-electron chi connectivity index (χ0n) is 18.1. The average Bonchev–Trinajstić information content (AvgIpc) is 2.96. The van der Waals surface area contributed by atoms with Crippen LogP contribution >= 0.6 is 0 Å². The molecular formula is C22H29N4O4+. The Bertz CT molecular complexity index is 960. The highest BCUT2D eigenvalue weighted by Gasteiger charge is 2.24. The Hall–Kier alpha value is -3.26. The van der Waals surface area contributed by atoms with Gasteiger partial charge in [-0.1, -0.05) is 0 Å². The van der Waals surface area contributed by atoms with Gasteiger partial charge in [-0.15, -0.1) is 0 Å². The predicted molar refractivity (Wildman–Crippen MR) is 115 cm³/mol. The third-order valence-electron chi connectivity index (χ3n) is 4.88. The molecule has 4 N–H and O–H groups in total. The number of aromatic nitrogens is 1. The average molecular weight is 413 g/mol. The number of hydrogen-bond acceptors (Lipinski definition) is 4. The van der Waals surface area contributed by atoms with Gasteiger partial charge in [-0.05, 0) is 57.5 Å². The van der Waals surface area contributed by atoms with Crippen LogP contribution in [0.1, 0.15) is 52.9 Å². The molecule has 0 saturated heterocycles. The van der Waals surface area contributed by atoms with Crippen LogP contribution in [-0.4, -0.2) is 48.0 Å². The lowest BCUT2D eigenvalue weighted by Crippen LogP contribution is -3.13. The summed E-state index contributed by atoms with van der Waals surface area (Å²) in [5.74, 6) is -0.589. The van der Waals surface area contributed by atoms with Crippen LogP contribution in [-0.2, 0) is 9.59 Å². The molecule has 0 aliphatic heterocycles. The molecule has 0 saturated carbocycles. The van der Waals surface area contributed by atoms with Gasteiger partial charge < -0.3 is 20.5 Å². The van der Waals surface area contributed by atoms with Gasteiger partial charge in [-0.2, -0.15) is 0 Å². The maximum atomic E-state index is 12.8. The van der Waals surface area contributed by atoms with E-state index in [1.807, 2.05) is 6.92 Å². The van der Waals surface area contributed by atoms with Gasteiger partial charge in [0, 0.05) is 29.6 Å². The minimum atomic E-state index is -0.212. The summed E-state index contributed by atoms with van der Waals surface area (Å²) in [4.78, 5) is 51.8. The first kappa shape index (κ1) is 23.0. The molecule has 2 aromatic rings. The molecule has 2 amide bonds. The van der Waals surface area contributed by atoms with E-state index >= 15 is 0 Å². The fourth-order valence-corrected chi connectivity index (χ4v) is 3.46. The number of H-pyrrole nitrogens is 1. The lowest BCUT2D eigenvalue weighted by molar-refractivity contribution is -0.881. The number of rotatable bonds is 9. The van der Waals surface area contributed by atoms with Crippen LogP contribution in [0.4, 0.5) is 11.4 Å². The summed E-state index contributed by atoms with van der Waals surface area (Å²) in [5, 5.41) is 5.47. The van der Waals surface area contributed by atoms with Crippen LogP contribution in [0.5, 0.6) is 0 Å². The summed E-state index contributed by atoms with van der Waals surface area (Å²) >= 11 is 0. The monoisotopic (exact) mass is 413 g/mol. The first-order valence-electron chi connectivity index (χ1n) is 9.86. The van der Waals surface area contributed by atoms with E-state index < -0.39 is 0 Å². The molecule has 1 unspecified atom stereocenters. The van der Waals surface area contributed by atoms with Crippen molar-refractivity contribution in [3.63, 3.8) is 0 Å². The van der Waals surface area contributed by atoms with Gasteiger partial charge >= 0.3 is 0 Å². The lowest BCUT2D eigenvalue weighted by Gasteiger charge is -2.16. The number of ketones is 2. The number of aromatic amines is 1. The molecular weight excluding hydrogens is 384 g/mol. The summed E-state index contributed by atoms with van der Waals surface area (Å²) in [5.41, 5.74) is 3.58. The van der Waals surface area contributed by atoms with E-state index in [-0.39, 0.29) is 36.5 Å². The number of aryl methyl sites for hydroxylation is 1. The van der Waals surface area contributed by atoms with E-state index in [0.29, 0.717) is 40.4 Å². The Morgan fingerprint density at radius 1 is 0.933 bits per heavy atom. The highest BCUT2D eigenvalue weighted by Crippen LogP contribution is 2.18. The number of carbonyl (C=O) groups excluding carboxylic acids is 4. The summed E-state index contributed by atoms with van der Waals surface area (Å²) in [7, 11) is 0. The van der Waals surface area contributed by atoms with E-state index in [2.05, 4.69) is 15.6 Å². The van der Waals surface area contributed by atoms with Gasteiger partial charge in [-0.25, -0.2) is 0 Å². The van der Waals surface area contributed by atoms with Crippen molar-refractivity contribution in [3.8, 4) is 0 Å². The molecule has 8 nitrogen and oxygen atoms in total. The van der Waals surface area contributed by atoms with Crippen LogP contribution in [0.15, 0.2) is 24.3 Å². The fraction of sp³-hybridized carbons (Fsp3) is 0.364. The predicted octanol–water partition coefficient (Wildman–Crippen LogP) is 1.52. The highest BCUT2D eigenvalue weighted by atomic mass is 16.2. The quantitative estimate of drug-likeness (QED) is 0.467. The summed E-state index contributed by atoms with van der Waals surface area (Å²) < 4.78 is 0. The molecule has 1 atom stereocenters. The van der Waals surface area contributed by atoms with Gasteiger partial charge in [-0.3, -0.25) is 19.2 Å². The number of amides is 2. The van der Waals surface area contributed by atoms with Gasteiger partial charge in [0.05, 0.1) is 12.2 Å². The van der Waals surface area contributed by atoms with Gasteiger partial charge in [0.2, 0.25) is 11.7 Å². The molecule has 0 radical (unpaired) electrons. The van der Waals surface area contributed by atoms with Crippen molar-refractivity contribution < 1.29 is 24.1 Å². The van der Waals surface area contributed by atoms with Crippen molar-refractivity contribution in [1.29, 1.82) is 0 Å². The minimum absolute atomic E-state index is 0.0797. The minimum Gasteiger partial charge on any atom is -0.355 e. The molecule has 160 valence electrons. The third kappa shape index (κ3) is 5.87. The molecule has 0 aliphatic rings. The number of anilines is 2. The molecule has 0 aliphatic carbocycles. The van der Waals surface area contributed by atoms with Gasteiger partial charge in [0.1, 0.15) is 6.54 Å². The van der Waals surface area contributed by atoms with E-state index in [1.165, 1.54) is 13.8 Å². The second kappa shape index (κ2) is 9.98. The van der Waals surface area contributed by atoms with Crippen molar-refractivity contribution in [1.82, 2.24) is 4.98 Å². The summed E-state index contributed by atoms with van der Waals surface area (Å²) in [6.45, 7) is 9.22. The Morgan fingerprint density at radius 3 is 1.97 bits per heavy atom. The Morgan fingerprint density at radius 2 is 1.50 bits per heavy atom. The Kier molecular flexibility index (Phi) is 7.66. The smallest absolute Gasteiger partial charge is 0.279 e. The van der Waals surface area contributed by atoms with Crippen molar-refractivity contribution in [2.45, 2.75) is 34.6 Å². The van der Waals surface area contributed by atoms with Crippen molar-refractivity contribution in [3.05, 3.63) is 46.8 Å². The SMILES string of the molecule is CC[NH+](CC(=O)Nc1ccc(NC(C)=O)cc1)CC(=O)c1[nH]c(C)c(C(C)=O)c1C. The molecule has 0 fully saturated rings. The molecule has 1 aromatic heterocycles. The standard InChI is InChI=1S/C22H28N4O4/c1-6-26(11-19(29)22-13(2)21(15(4)27)14(3)23-22)12-20(30)25-18-9-7-17(8-10-18)24-16(5)28/h7-10,23H,6,11-12H2,1-5H3,(H,24,28)(H,25,30)/p+1. The van der Waals surface area contributed by atoms with E-state index in [0.717, 1.165) is 4.90 Å². The summed E-state index contributed by atoms with van der Waals surface area (Å²) in [6, 6.07) is 6.81. The van der Waals surface area contributed by atoms with Crippen molar-refractivity contribution >= 4 is 34.8 Å². The lowest BCUT2D eigenvalue weighted by atomic mass is 10.1. The number of quaternary nitrogens is 1. The van der Waals surface area contributed by atoms with E-state index in [9.17, 15) is 19.2 Å². The zero-order chi connectivity index (χ0) is 22.4. The second-order valence-corrected chi connectivity index (χ2v) is 7.37. The van der Waals surface area contributed by atoms with E-state index in [4.69, 9.17) is 0 Å². The Balaban J connectivity index is 1.99. The number of hydrogen-bond donors (Lipinski definition) is 4. The highest BCUT2D eigenvalue weighted by molar-refractivity contribution is 6.03. The molecule has 1 aromatic carbocycles. The first-order chi connectivity index (χ1) is 14.1. The zero-order valence-corrected chi connectivity index (χ0v) is 18.1. The molecule has 1 heterocycles. The van der Waals surface area contributed by atoms with E-state index in [1.54, 1.807) is 38.1 Å². The number of likely N-dealkylation sites (N-methyl/N-ethyl adjacent to an activating group) is 1. The van der Waals surface area contributed by atoms with Gasteiger partial charge in [0.15, 0.2) is 12.3 Å². The molecule has 0 bridgehead atoms. The fourth-order valence-electron chi connectivity index (χ4n) is 3.46. The van der Waals surface area contributed by atoms with Crippen LogP contribution in [0.3, 0.4) is 0 Å². The number of carbonyl (C=O) groups is 4. The van der Waals surface area contributed by atoms with Crippen molar-refractivity contribution in [2.75, 3.05) is 30.3 Å². The van der Waals surface area contributed by atoms with Crippen LogP contribution in [0.2, 0.25) is 0 Å². The molecule has 0 spiro atoms. The molecule has 8 heteroatoms. The summed E-state index contributed by atoms with van der Waals surface area (Å²) in [6.07, 6.45) is 0. The Labute approximate surface area is 176 Å². The topological polar surface area (TPSA) is 113 Å². The number of benzene rings is 1.